The van der Waals surface area contributed by atoms with E-state index in [2.05, 4.69) is 15.3 Å². The van der Waals surface area contributed by atoms with Gasteiger partial charge < -0.3 is 5.32 Å². The van der Waals surface area contributed by atoms with Crippen LogP contribution >= 0.6 is 0 Å². The van der Waals surface area contributed by atoms with Gasteiger partial charge in [0.05, 0.1) is 4.90 Å². The number of anilines is 1. The van der Waals surface area contributed by atoms with Crippen LogP contribution in [0.1, 0.15) is 11.3 Å². The number of rotatable bonds is 5. The van der Waals surface area contributed by atoms with Crippen LogP contribution in [0.2, 0.25) is 0 Å². The Morgan fingerprint density at radius 2 is 1.86 bits per heavy atom. The summed E-state index contributed by atoms with van der Waals surface area (Å²) in [7, 11) is -3.66. The van der Waals surface area contributed by atoms with Crippen LogP contribution < -0.4 is 10.5 Å². The zero-order valence-corrected chi connectivity index (χ0v) is 11.8. The third-order valence-electron chi connectivity index (χ3n) is 2.76. The predicted octanol–water partition coefficient (Wildman–Crippen LogP) is 0.650. The zero-order valence-electron chi connectivity index (χ0n) is 11.0. The Kier molecular flexibility index (Phi) is 4.47. The number of primary sulfonamides is 1. The van der Waals surface area contributed by atoms with Gasteiger partial charge in [-0.25, -0.2) is 23.5 Å². The van der Waals surface area contributed by atoms with Crippen LogP contribution in [0.3, 0.4) is 0 Å². The highest BCUT2D eigenvalue weighted by Gasteiger charge is 2.07. The van der Waals surface area contributed by atoms with E-state index >= 15 is 0 Å². The van der Waals surface area contributed by atoms with Gasteiger partial charge in [0.1, 0.15) is 6.07 Å². The highest BCUT2D eigenvalue weighted by atomic mass is 32.2. The lowest BCUT2D eigenvalue weighted by Crippen LogP contribution is -2.12. The minimum atomic E-state index is -3.66. The third-order valence-corrected chi connectivity index (χ3v) is 3.69. The van der Waals surface area contributed by atoms with Crippen molar-refractivity contribution in [3.05, 3.63) is 47.9 Å². The molecule has 0 radical (unpaired) electrons. The van der Waals surface area contributed by atoms with Crippen molar-refractivity contribution in [2.45, 2.75) is 11.3 Å². The SMILES string of the molecule is N#Cc1nccnc1NCCc1ccc(S(N)(=O)=O)cc1. The lowest BCUT2D eigenvalue weighted by atomic mass is 10.1. The van der Waals surface area contributed by atoms with Gasteiger partial charge in [-0.3, -0.25) is 0 Å². The Morgan fingerprint density at radius 3 is 2.48 bits per heavy atom. The van der Waals surface area contributed by atoms with Gasteiger partial charge in [-0.15, -0.1) is 0 Å². The van der Waals surface area contributed by atoms with Crippen LogP contribution in [0.15, 0.2) is 41.6 Å². The summed E-state index contributed by atoms with van der Waals surface area (Å²) in [6.07, 6.45) is 3.60. The molecular weight excluding hydrogens is 290 g/mol. The number of aromatic nitrogens is 2. The van der Waals surface area contributed by atoms with Crippen LogP contribution in [0.25, 0.3) is 0 Å². The molecule has 108 valence electrons. The van der Waals surface area contributed by atoms with Crippen molar-refractivity contribution in [3.63, 3.8) is 0 Å². The summed E-state index contributed by atoms with van der Waals surface area (Å²) in [6, 6.07) is 8.28. The fourth-order valence-corrected chi connectivity index (χ4v) is 2.24. The highest BCUT2D eigenvalue weighted by molar-refractivity contribution is 7.89. The number of benzene rings is 1. The Labute approximate surface area is 122 Å². The molecule has 1 heterocycles. The van der Waals surface area contributed by atoms with Gasteiger partial charge in [0, 0.05) is 18.9 Å². The lowest BCUT2D eigenvalue weighted by molar-refractivity contribution is 0.598. The van der Waals surface area contributed by atoms with Crippen LogP contribution in [0.4, 0.5) is 5.82 Å². The third kappa shape index (κ3) is 3.98. The number of sulfonamides is 1. The molecule has 8 heteroatoms. The van der Waals surface area contributed by atoms with Crippen molar-refractivity contribution in [1.29, 1.82) is 5.26 Å². The van der Waals surface area contributed by atoms with Crippen molar-refractivity contribution >= 4 is 15.8 Å². The highest BCUT2D eigenvalue weighted by Crippen LogP contribution is 2.10. The second-order valence-electron chi connectivity index (χ2n) is 4.23. The fourth-order valence-electron chi connectivity index (χ4n) is 1.72. The first-order valence-corrected chi connectivity index (χ1v) is 7.62. The first kappa shape index (κ1) is 14.9. The predicted molar refractivity (Wildman–Crippen MR) is 76.8 cm³/mol. The molecule has 0 spiro atoms. The number of hydrogen-bond donors (Lipinski definition) is 2. The largest absolute Gasteiger partial charge is 0.367 e. The van der Waals surface area contributed by atoms with E-state index in [1.54, 1.807) is 12.1 Å². The fraction of sp³-hybridized carbons (Fsp3) is 0.154. The van der Waals surface area contributed by atoms with E-state index in [0.29, 0.717) is 18.8 Å². The molecule has 0 aliphatic carbocycles. The second kappa shape index (κ2) is 6.30. The van der Waals surface area contributed by atoms with Crippen molar-refractivity contribution in [2.75, 3.05) is 11.9 Å². The maximum atomic E-state index is 11.1. The Hall–Kier alpha value is -2.50. The summed E-state index contributed by atoms with van der Waals surface area (Å²) in [5.41, 5.74) is 1.18. The lowest BCUT2D eigenvalue weighted by Gasteiger charge is -2.06. The van der Waals surface area contributed by atoms with E-state index in [-0.39, 0.29) is 10.6 Å². The normalized spacial score (nSPS) is 10.9. The number of hydrogen-bond acceptors (Lipinski definition) is 6. The molecule has 2 aromatic rings. The standard InChI is InChI=1S/C13H13N5O2S/c14-9-12-13(18-8-7-16-12)17-6-5-10-1-3-11(4-2-10)21(15,19)20/h1-4,7-8H,5-6H2,(H,17,18)(H2,15,19,20). The molecule has 1 aromatic carbocycles. The molecule has 0 bridgehead atoms. The monoisotopic (exact) mass is 303 g/mol. The summed E-state index contributed by atoms with van der Waals surface area (Å²) in [4.78, 5) is 8.01. The maximum Gasteiger partial charge on any atom is 0.238 e. The van der Waals surface area contributed by atoms with Gasteiger partial charge in [-0.05, 0) is 24.1 Å². The summed E-state index contributed by atoms with van der Waals surface area (Å²) in [5, 5.41) is 16.9. The van der Waals surface area contributed by atoms with Crippen LogP contribution in [0, 0.1) is 11.3 Å². The maximum absolute atomic E-state index is 11.1. The van der Waals surface area contributed by atoms with Crippen molar-refractivity contribution in [2.24, 2.45) is 5.14 Å². The second-order valence-corrected chi connectivity index (χ2v) is 5.79. The van der Waals surface area contributed by atoms with Crippen LogP contribution in [-0.4, -0.2) is 24.9 Å². The first-order chi connectivity index (χ1) is 10.0. The summed E-state index contributed by atoms with van der Waals surface area (Å²) >= 11 is 0. The minimum absolute atomic E-state index is 0.0832. The van der Waals surface area contributed by atoms with Crippen molar-refractivity contribution < 1.29 is 8.42 Å². The molecule has 0 saturated heterocycles. The van der Waals surface area contributed by atoms with E-state index in [4.69, 9.17) is 10.4 Å². The Bertz CT molecular complexity index is 766. The van der Waals surface area contributed by atoms with E-state index < -0.39 is 10.0 Å². The number of nitrogens with two attached hydrogens (primary N) is 1. The van der Waals surface area contributed by atoms with E-state index in [1.165, 1.54) is 24.5 Å². The number of nitriles is 1. The van der Waals surface area contributed by atoms with E-state index in [9.17, 15) is 8.42 Å². The molecule has 0 aliphatic heterocycles. The minimum Gasteiger partial charge on any atom is -0.367 e. The molecular formula is C13H13N5O2S. The zero-order chi connectivity index (χ0) is 15.3. The first-order valence-electron chi connectivity index (χ1n) is 6.07. The average molecular weight is 303 g/mol. The van der Waals surface area contributed by atoms with Gasteiger partial charge in [-0.2, -0.15) is 5.26 Å². The molecule has 0 fully saturated rings. The number of nitrogens with zero attached hydrogens (tertiary/aromatic N) is 3. The van der Waals surface area contributed by atoms with Crippen LogP contribution in [0.5, 0.6) is 0 Å². The quantitative estimate of drug-likeness (QED) is 0.836. The van der Waals surface area contributed by atoms with E-state index in [0.717, 1.165) is 5.56 Å². The molecule has 0 atom stereocenters. The van der Waals surface area contributed by atoms with Gasteiger partial charge >= 0.3 is 0 Å². The van der Waals surface area contributed by atoms with Gasteiger partial charge in [0.25, 0.3) is 0 Å². The van der Waals surface area contributed by atoms with E-state index in [1.807, 2.05) is 6.07 Å². The topological polar surface area (TPSA) is 122 Å². The molecule has 7 nitrogen and oxygen atoms in total. The molecule has 21 heavy (non-hydrogen) atoms. The van der Waals surface area contributed by atoms with Crippen molar-refractivity contribution in [1.82, 2.24) is 9.97 Å². The molecule has 0 saturated carbocycles. The van der Waals surface area contributed by atoms with Gasteiger partial charge in [0.15, 0.2) is 11.5 Å². The van der Waals surface area contributed by atoms with Gasteiger partial charge in [-0.1, -0.05) is 12.1 Å². The Morgan fingerprint density at radius 1 is 1.19 bits per heavy atom. The number of nitrogens with one attached hydrogen (secondary N) is 1. The molecule has 0 aliphatic rings. The van der Waals surface area contributed by atoms with Crippen LogP contribution in [-0.2, 0) is 16.4 Å². The van der Waals surface area contributed by atoms with Gasteiger partial charge in [0.2, 0.25) is 10.0 Å². The summed E-state index contributed by atoms with van der Waals surface area (Å²) in [6.45, 7) is 0.544. The molecule has 1 aromatic heterocycles. The molecule has 2 rings (SSSR count). The molecule has 0 unspecified atom stereocenters. The summed E-state index contributed by atoms with van der Waals surface area (Å²) in [5.74, 6) is 0.432. The van der Waals surface area contributed by atoms with Crippen molar-refractivity contribution in [3.8, 4) is 6.07 Å². The molecule has 0 amide bonds. The average Bonchev–Trinajstić information content (AvgIpc) is 2.47. The Balaban J connectivity index is 1.97. The molecule has 3 N–H and O–H groups in total. The smallest absolute Gasteiger partial charge is 0.238 e. The summed E-state index contributed by atoms with van der Waals surface area (Å²) < 4.78 is 22.3.